The number of nitrogens with zero attached hydrogens (tertiary/aromatic N) is 3. The zero-order chi connectivity index (χ0) is 11.7. The minimum atomic E-state index is 0.250. The fraction of sp³-hybridized carbons (Fsp3) is 0.333. The molecule has 1 aromatic heterocycles. The number of rotatable bonds is 2. The van der Waals surface area contributed by atoms with E-state index >= 15 is 0 Å². The van der Waals surface area contributed by atoms with Gasteiger partial charge in [-0.15, -0.1) is 5.10 Å². The minimum absolute atomic E-state index is 0.250. The highest BCUT2D eigenvalue weighted by Crippen LogP contribution is 2.22. The highest BCUT2D eigenvalue weighted by atomic mass is 16.3. The molecule has 1 aromatic carbocycles. The first kappa shape index (κ1) is 10.3. The van der Waals surface area contributed by atoms with Crippen molar-refractivity contribution in [1.82, 2.24) is 20.3 Å². The lowest BCUT2D eigenvalue weighted by molar-refractivity contribution is 0.475. The lowest BCUT2D eigenvalue weighted by Gasteiger charge is -2.06. The van der Waals surface area contributed by atoms with Gasteiger partial charge in [-0.2, -0.15) is 0 Å². The summed E-state index contributed by atoms with van der Waals surface area (Å²) >= 11 is 0. The van der Waals surface area contributed by atoms with E-state index in [1.165, 1.54) is 0 Å². The molecule has 0 aliphatic carbocycles. The van der Waals surface area contributed by atoms with E-state index in [0.29, 0.717) is 6.04 Å². The van der Waals surface area contributed by atoms with E-state index in [4.69, 9.17) is 0 Å². The van der Waals surface area contributed by atoms with Crippen LogP contribution in [-0.4, -0.2) is 33.2 Å². The second-order valence-corrected chi connectivity index (χ2v) is 4.28. The third kappa shape index (κ3) is 2.01. The molecule has 1 unspecified atom stereocenters. The molecule has 2 aromatic rings. The van der Waals surface area contributed by atoms with Gasteiger partial charge < -0.3 is 10.4 Å². The number of benzene rings is 1. The standard InChI is InChI=1S/C12H14N4O/c17-11-3-1-2-9(6-11)12-8-16(15-14-12)10-4-5-13-7-10/h1-3,6,8,10,13,17H,4-5,7H2. The predicted molar refractivity (Wildman–Crippen MR) is 63.6 cm³/mol. The summed E-state index contributed by atoms with van der Waals surface area (Å²) in [5.41, 5.74) is 1.69. The molecule has 0 radical (unpaired) electrons. The molecule has 2 heterocycles. The summed E-state index contributed by atoms with van der Waals surface area (Å²) in [6, 6.07) is 7.46. The number of nitrogens with one attached hydrogen (secondary N) is 1. The van der Waals surface area contributed by atoms with Gasteiger partial charge in [0.1, 0.15) is 11.4 Å². The van der Waals surface area contributed by atoms with Gasteiger partial charge in [0.2, 0.25) is 0 Å². The van der Waals surface area contributed by atoms with Crippen molar-refractivity contribution in [3.63, 3.8) is 0 Å². The van der Waals surface area contributed by atoms with Crippen LogP contribution in [0, 0.1) is 0 Å². The van der Waals surface area contributed by atoms with Gasteiger partial charge in [-0.3, -0.25) is 0 Å². The number of phenolic OH excluding ortho intramolecular Hbond substituents is 1. The first-order valence-electron chi connectivity index (χ1n) is 5.75. The maximum Gasteiger partial charge on any atom is 0.116 e. The molecule has 0 amide bonds. The Morgan fingerprint density at radius 1 is 1.41 bits per heavy atom. The molecule has 2 N–H and O–H groups in total. The van der Waals surface area contributed by atoms with Crippen molar-refractivity contribution in [1.29, 1.82) is 0 Å². The van der Waals surface area contributed by atoms with E-state index in [1.54, 1.807) is 18.2 Å². The van der Waals surface area contributed by atoms with Crippen molar-refractivity contribution in [2.75, 3.05) is 13.1 Å². The molecule has 0 bridgehead atoms. The molecule has 3 rings (SSSR count). The minimum Gasteiger partial charge on any atom is -0.508 e. The monoisotopic (exact) mass is 230 g/mol. The first-order valence-corrected chi connectivity index (χ1v) is 5.75. The lowest BCUT2D eigenvalue weighted by atomic mass is 10.1. The van der Waals surface area contributed by atoms with Crippen molar-refractivity contribution < 1.29 is 5.11 Å². The molecule has 0 saturated carbocycles. The summed E-state index contributed by atoms with van der Waals surface area (Å²) in [5.74, 6) is 0.250. The SMILES string of the molecule is Oc1cccc(-c2cn(C3CCNC3)nn2)c1. The van der Waals surface area contributed by atoms with E-state index in [0.717, 1.165) is 30.8 Å². The van der Waals surface area contributed by atoms with Crippen LogP contribution in [0.1, 0.15) is 12.5 Å². The summed E-state index contributed by atoms with van der Waals surface area (Å²) in [6.45, 7) is 1.98. The smallest absolute Gasteiger partial charge is 0.116 e. The van der Waals surface area contributed by atoms with Crippen molar-refractivity contribution in [3.8, 4) is 17.0 Å². The van der Waals surface area contributed by atoms with Crippen LogP contribution in [0.25, 0.3) is 11.3 Å². The van der Waals surface area contributed by atoms with Crippen LogP contribution in [0.4, 0.5) is 0 Å². The Bertz CT molecular complexity index is 517. The van der Waals surface area contributed by atoms with E-state index in [1.807, 2.05) is 16.9 Å². The average Bonchev–Trinajstić information content (AvgIpc) is 3.00. The Morgan fingerprint density at radius 3 is 3.12 bits per heavy atom. The maximum absolute atomic E-state index is 9.43. The Labute approximate surface area is 99.1 Å². The summed E-state index contributed by atoms with van der Waals surface area (Å²) in [6.07, 6.45) is 3.02. The first-order chi connectivity index (χ1) is 8.33. The van der Waals surface area contributed by atoms with Gasteiger partial charge in [0.05, 0.1) is 12.2 Å². The summed E-state index contributed by atoms with van der Waals surface area (Å²) in [7, 11) is 0. The lowest BCUT2D eigenvalue weighted by Crippen LogP contribution is -2.13. The molecular formula is C12H14N4O. The number of hydrogen-bond donors (Lipinski definition) is 2. The Morgan fingerprint density at radius 2 is 2.35 bits per heavy atom. The third-order valence-electron chi connectivity index (χ3n) is 3.06. The van der Waals surface area contributed by atoms with Crippen LogP contribution >= 0.6 is 0 Å². The second-order valence-electron chi connectivity index (χ2n) is 4.28. The molecular weight excluding hydrogens is 216 g/mol. The normalized spacial score (nSPS) is 19.6. The molecule has 17 heavy (non-hydrogen) atoms. The number of aromatic hydroxyl groups is 1. The zero-order valence-corrected chi connectivity index (χ0v) is 9.37. The highest BCUT2D eigenvalue weighted by molar-refractivity contribution is 5.59. The van der Waals surface area contributed by atoms with Crippen LogP contribution in [0.15, 0.2) is 30.5 Å². The zero-order valence-electron chi connectivity index (χ0n) is 9.37. The molecule has 1 atom stereocenters. The molecule has 5 nitrogen and oxygen atoms in total. The number of hydrogen-bond acceptors (Lipinski definition) is 4. The topological polar surface area (TPSA) is 63.0 Å². The molecule has 88 valence electrons. The van der Waals surface area contributed by atoms with E-state index < -0.39 is 0 Å². The predicted octanol–water partition coefficient (Wildman–Crippen LogP) is 1.19. The van der Waals surface area contributed by atoms with Gasteiger partial charge in [0.25, 0.3) is 0 Å². The van der Waals surface area contributed by atoms with Gasteiger partial charge in [-0.05, 0) is 25.1 Å². The Kier molecular flexibility index (Phi) is 2.53. The fourth-order valence-corrected chi connectivity index (χ4v) is 2.12. The van der Waals surface area contributed by atoms with Crippen molar-refractivity contribution >= 4 is 0 Å². The summed E-state index contributed by atoms with van der Waals surface area (Å²) in [4.78, 5) is 0. The van der Waals surface area contributed by atoms with Crippen LogP contribution in [0.5, 0.6) is 5.75 Å². The van der Waals surface area contributed by atoms with Gasteiger partial charge in [-0.1, -0.05) is 17.3 Å². The quantitative estimate of drug-likeness (QED) is 0.813. The van der Waals surface area contributed by atoms with Crippen LogP contribution < -0.4 is 5.32 Å². The fourth-order valence-electron chi connectivity index (χ4n) is 2.12. The Hall–Kier alpha value is -1.88. The van der Waals surface area contributed by atoms with Crippen LogP contribution in [0.2, 0.25) is 0 Å². The number of aromatic nitrogens is 3. The summed E-state index contributed by atoms with van der Waals surface area (Å²) < 4.78 is 1.90. The molecule has 1 saturated heterocycles. The third-order valence-corrected chi connectivity index (χ3v) is 3.06. The van der Waals surface area contributed by atoms with E-state index in [9.17, 15) is 5.11 Å². The van der Waals surface area contributed by atoms with Gasteiger partial charge in [-0.25, -0.2) is 4.68 Å². The average molecular weight is 230 g/mol. The van der Waals surface area contributed by atoms with Crippen molar-refractivity contribution in [3.05, 3.63) is 30.5 Å². The van der Waals surface area contributed by atoms with Crippen molar-refractivity contribution in [2.24, 2.45) is 0 Å². The molecule has 5 heteroatoms. The van der Waals surface area contributed by atoms with E-state index in [-0.39, 0.29) is 5.75 Å². The maximum atomic E-state index is 9.43. The molecule has 1 aliphatic heterocycles. The van der Waals surface area contributed by atoms with Gasteiger partial charge in [0.15, 0.2) is 0 Å². The van der Waals surface area contributed by atoms with Crippen LogP contribution in [-0.2, 0) is 0 Å². The molecule has 1 fully saturated rings. The molecule has 1 aliphatic rings. The van der Waals surface area contributed by atoms with Gasteiger partial charge in [0, 0.05) is 12.1 Å². The molecule has 0 spiro atoms. The summed E-state index contributed by atoms with van der Waals surface area (Å²) in [5, 5.41) is 21.0. The second kappa shape index (κ2) is 4.18. The largest absolute Gasteiger partial charge is 0.508 e. The van der Waals surface area contributed by atoms with Gasteiger partial charge >= 0.3 is 0 Å². The van der Waals surface area contributed by atoms with Crippen LogP contribution in [0.3, 0.4) is 0 Å². The number of phenols is 1. The van der Waals surface area contributed by atoms with E-state index in [2.05, 4.69) is 15.6 Å². The Balaban J connectivity index is 1.89. The van der Waals surface area contributed by atoms with Crippen molar-refractivity contribution in [2.45, 2.75) is 12.5 Å². The highest BCUT2D eigenvalue weighted by Gasteiger charge is 2.18.